The molecular weight excluding hydrogens is 422 g/mol. The zero-order valence-corrected chi connectivity index (χ0v) is 14.4. The Kier molecular flexibility index (Phi) is 4.71. The van der Waals surface area contributed by atoms with E-state index in [-0.39, 0.29) is 10.9 Å². The standard InChI is InChI=1S/C10H11Br2NO4S2/c11-8-4-7(9(12)18-8)19(16,17)13-6-2-1-5(3-6)10(14)15/h4-6,13H,1-3H2,(H,14,15). The molecule has 0 bridgehead atoms. The molecule has 2 rings (SSSR count). The largest absolute Gasteiger partial charge is 0.481 e. The van der Waals surface area contributed by atoms with Gasteiger partial charge in [0.05, 0.1) is 13.5 Å². The van der Waals surface area contributed by atoms with Crippen molar-refractivity contribution in [1.82, 2.24) is 4.72 Å². The summed E-state index contributed by atoms with van der Waals surface area (Å²) < 4.78 is 28.2. The Morgan fingerprint density at radius 3 is 2.58 bits per heavy atom. The Labute approximate surface area is 131 Å². The van der Waals surface area contributed by atoms with Gasteiger partial charge in [0.1, 0.15) is 4.90 Å². The molecule has 19 heavy (non-hydrogen) atoms. The maximum Gasteiger partial charge on any atom is 0.306 e. The van der Waals surface area contributed by atoms with Crippen molar-refractivity contribution in [3.05, 3.63) is 13.6 Å². The number of sulfonamides is 1. The summed E-state index contributed by atoms with van der Waals surface area (Å²) in [4.78, 5) is 11.0. The Morgan fingerprint density at radius 2 is 2.11 bits per heavy atom. The fraction of sp³-hybridized carbons (Fsp3) is 0.500. The third kappa shape index (κ3) is 3.57. The lowest BCUT2D eigenvalue weighted by molar-refractivity contribution is -0.141. The first-order valence-electron chi connectivity index (χ1n) is 5.49. The molecule has 0 saturated heterocycles. The minimum absolute atomic E-state index is 0.183. The lowest BCUT2D eigenvalue weighted by Crippen LogP contribution is -2.33. The minimum atomic E-state index is -3.61. The summed E-state index contributed by atoms with van der Waals surface area (Å²) in [5, 5.41) is 8.90. The van der Waals surface area contributed by atoms with Gasteiger partial charge in [0.2, 0.25) is 10.0 Å². The van der Waals surface area contributed by atoms with E-state index in [1.807, 2.05) is 0 Å². The van der Waals surface area contributed by atoms with Crippen molar-refractivity contribution in [2.75, 3.05) is 0 Å². The molecule has 1 saturated carbocycles. The predicted molar refractivity (Wildman–Crippen MR) is 78.8 cm³/mol. The highest BCUT2D eigenvalue weighted by Crippen LogP contribution is 2.35. The molecule has 2 atom stereocenters. The quantitative estimate of drug-likeness (QED) is 0.766. The van der Waals surface area contributed by atoms with Crippen molar-refractivity contribution in [3.8, 4) is 0 Å². The van der Waals surface area contributed by atoms with Crippen LogP contribution in [0.15, 0.2) is 18.5 Å². The van der Waals surface area contributed by atoms with E-state index >= 15 is 0 Å². The van der Waals surface area contributed by atoms with Crippen LogP contribution in [-0.4, -0.2) is 25.5 Å². The maximum atomic E-state index is 12.2. The molecule has 0 spiro atoms. The molecule has 9 heteroatoms. The summed E-state index contributed by atoms with van der Waals surface area (Å²) in [6, 6.07) is 1.22. The number of halogens is 2. The topological polar surface area (TPSA) is 83.5 Å². The first-order valence-corrected chi connectivity index (χ1v) is 9.38. The highest BCUT2D eigenvalue weighted by molar-refractivity contribution is 9.12. The van der Waals surface area contributed by atoms with Crippen LogP contribution < -0.4 is 4.72 Å². The van der Waals surface area contributed by atoms with Gasteiger partial charge in [-0.15, -0.1) is 11.3 Å². The van der Waals surface area contributed by atoms with Crippen LogP contribution in [0.3, 0.4) is 0 Å². The van der Waals surface area contributed by atoms with E-state index < -0.39 is 21.9 Å². The highest BCUT2D eigenvalue weighted by atomic mass is 79.9. The fourth-order valence-electron chi connectivity index (χ4n) is 2.10. The number of nitrogens with one attached hydrogen (secondary N) is 1. The second-order valence-corrected chi connectivity index (χ2v) is 9.79. The normalized spacial score (nSPS) is 23.7. The van der Waals surface area contributed by atoms with E-state index in [9.17, 15) is 13.2 Å². The van der Waals surface area contributed by atoms with Gasteiger partial charge >= 0.3 is 5.97 Å². The Bertz CT molecular complexity index is 599. The summed E-state index contributed by atoms with van der Waals surface area (Å²) in [6.07, 6.45) is 1.41. The molecule has 1 heterocycles. The van der Waals surface area contributed by atoms with Crippen LogP contribution in [0, 0.1) is 5.92 Å². The Hall–Kier alpha value is 0.0400. The molecule has 1 aromatic heterocycles. The number of carboxylic acids is 1. The molecule has 2 unspecified atom stereocenters. The number of rotatable bonds is 4. The van der Waals surface area contributed by atoms with Crippen molar-refractivity contribution in [2.24, 2.45) is 5.92 Å². The van der Waals surface area contributed by atoms with Crippen molar-refractivity contribution >= 4 is 59.2 Å². The number of thiophene rings is 1. The van der Waals surface area contributed by atoms with Gasteiger partial charge in [-0.3, -0.25) is 4.79 Å². The third-order valence-electron chi connectivity index (χ3n) is 3.02. The van der Waals surface area contributed by atoms with Crippen LogP contribution in [-0.2, 0) is 14.8 Å². The zero-order valence-electron chi connectivity index (χ0n) is 9.60. The predicted octanol–water partition coefficient (Wildman–Crippen LogP) is 2.80. The molecule has 1 aliphatic rings. The molecule has 5 nitrogen and oxygen atoms in total. The first kappa shape index (κ1) is 15.4. The molecule has 1 aliphatic carbocycles. The summed E-state index contributed by atoms with van der Waals surface area (Å²) in [7, 11) is -3.61. The van der Waals surface area contributed by atoms with Crippen LogP contribution in [0.1, 0.15) is 19.3 Å². The van der Waals surface area contributed by atoms with Gasteiger partial charge in [0.25, 0.3) is 0 Å². The molecular formula is C10H11Br2NO4S2. The molecule has 106 valence electrons. The first-order chi connectivity index (χ1) is 8.79. The van der Waals surface area contributed by atoms with Crippen molar-refractivity contribution < 1.29 is 18.3 Å². The molecule has 0 radical (unpaired) electrons. The smallest absolute Gasteiger partial charge is 0.306 e. The lowest BCUT2D eigenvalue weighted by atomic mass is 10.1. The van der Waals surface area contributed by atoms with Gasteiger partial charge in [0.15, 0.2) is 0 Å². The average Bonchev–Trinajstić information content (AvgIpc) is 2.85. The van der Waals surface area contributed by atoms with Gasteiger partial charge in [-0.1, -0.05) is 0 Å². The average molecular weight is 433 g/mol. The van der Waals surface area contributed by atoms with Crippen LogP contribution in [0.25, 0.3) is 0 Å². The maximum absolute atomic E-state index is 12.2. The molecule has 1 fully saturated rings. The SMILES string of the molecule is O=C(O)C1CCC(NS(=O)(=O)c2cc(Br)sc2Br)C1. The van der Waals surface area contributed by atoms with E-state index in [2.05, 4.69) is 36.6 Å². The highest BCUT2D eigenvalue weighted by Gasteiger charge is 2.33. The third-order valence-corrected chi connectivity index (χ3v) is 7.29. The molecule has 0 aliphatic heterocycles. The Balaban J connectivity index is 2.11. The van der Waals surface area contributed by atoms with E-state index in [4.69, 9.17) is 5.11 Å². The van der Waals surface area contributed by atoms with E-state index in [0.717, 1.165) is 3.79 Å². The summed E-state index contributed by atoms with van der Waals surface area (Å²) >= 11 is 7.73. The van der Waals surface area contributed by atoms with Crippen LogP contribution in [0.4, 0.5) is 0 Å². The van der Waals surface area contributed by atoms with E-state index in [1.54, 1.807) is 0 Å². The molecule has 2 N–H and O–H groups in total. The van der Waals surface area contributed by atoms with Gasteiger partial charge in [-0.2, -0.15) is 0 Å². The second kappa shape index (κ2) is 5.80. The summed E-state index contributed by atoms with van der Waals surface area (Å²) in [5.74, 6) is -1.31. The molecule has 1 aromatic rings. The van der Waals surface area contributed by atoms with Crippen LogP contribution in [0.2, 0.25) is 0 Å². The number of carboxylic acid groups (broad SMARTS) is 1. The van der Waals surface area contributed by atoms with Crippen molar-refractivity contribution in [3.63, 3.8) is 0 Å². The van der Waals surface area contributed by atoms with Crippen LogP contribution >= 0.6 is 43.2 Å². The Morgan fingerprint density at radius 1 is 1.42 bits per heavy atom. The van der Waals surface area contributed by atoms with Crippen molar-refractivity contribution in [2.45, 2.75) is 30.2 Å². The second-order valence-electron chi connectivity index (χ2n) is 4.35. The van der Waals surface area contributed by atoms with Crippen LogP contribution in [0.5, 0.6) is 0 Å². The van der Waals surface area contributed by atoms with Crippen molar-refractivity contribution in [1.29, 1.82) is 0 Å². The number of hydrogen-bond acceptors (Lipinski definition) is 4. The van der Waals surface area contributed by atoms with Gasteiger partial charge in [-0.05, 0) is 57.2 Å². The van der Waals surface area contributed by atoms with E-state index in [0.29, 0.717) is 23.0 Å². The summed E-state index contributed by atoms with van der Waals surface area (Å²) in [6.45, 7) is 0. The fourth-order valence-corrected chi connectivity index (χ4v) is 7.20. The monoisotopic (exact) mass is 431 g/mol. The number of aliphatic carboxylic acids is 1. The van der Waals surface area contributed by atoms with Gasteiger partial charge in [-0.25, -0.2) is 13.1 Å². The van der Waals surface area contributed by atoms with Gasteiger partial charge < -0.3 is 5.11 Å². The minimum Gasteiger partial charge on any atom is -0.481 e. The summed E-state index contributed by atoms with van der Waals surface area (Å²) in [5.41, 5.74) is 0. The van der Waals surface area contributed by atoms with Gasteiger partial charge in [0, 0.05) is 6.04 Å². The number of carbonyl (C=O) groups is 1. The van der Waals surface area contributed by atoms with E-state index in [1.165, 1.54) is 17.4 Å². The molecule has 0 amide bonds. The number of hydrogen-bond donors (Lipinski definition) is 2. The molecule has 0 aromatic carbocycles. The zero-order chi connectivity index (χ0) is 14.2. The lowest BCUT2D eigenvalue weighted by Gasteiger charge is -2.12.